The highest BCUT2D eigenvalue weighted by atomic mass is 32.2. The molecule has 2 rings (SSSR count). The third-order valence-corrected chi connectivity index (χ3v) is 6.46. The maximum Gasteiger partial charge on any atom is 0.410 e. The van der Waals surface area contributed by atoms with Crippen molar-refractivity contribution in [3.05, 3.63) is 17.0 Å². The van der Waals surface area contributed by atoms with E-state index in [4.69, 9.17) is 4.74 Å². The quantitative estimate of drug-likeness (QED) is 0.899. The van der Waals surface area contributed by atoms with E-state index in [1.165, 1.54) is 11.3 Å². The predicted octanol–water partition coefficient (Wildman–Crippen LogP) is 2.73. The van der Waals surface area contributed by atoms with Crippen LogP contribution in [-0.4, -0.2) is 44.1 Å². The minimum atomic E-state index is -3.47. The Hall–Kier alpha value is -1.12. The fraction of sp³-hybridized carbons (Fsp3) is 0.667. The zero-order chi connectivity index (χ0) is 17.3. The molecule has 1 aromatic rings. The van der Waals surface area contributed by atoms with Gasteiger partial charge in [-0.05, 0) is 52.7 Å². The van der Waals surface area contributed by atoms with Crippen LogP contribution in [0.5, 0.6) is 0 Å². The van der Waals surface area contributed by atoms with E-state index >= 15 is 0 Å². The molecule has 0 aromatic carbocycles. The number of piperidine rings is 1. The van der Waals surface area contributed by atoms with E-state index in [0.717, 1.165) is 4.88 Å². The predicted molar refractivity (Wildman–Crippen MR) is 90.2 cm³/mol. The molecule has 23 heavy (non-hydrogen) atoms. The molecule has 0 atom stereocenters. The van der Waals surface area contributed by atoms with Gasteiger partial charge >= 0.3 is 6.09 Å². The largest absolute Gasteiger partial charge is 0.444 e. The molecule has 1 N–H and O–H groups in total. The van der Waals surface area contributed by atoms with E-state index in [1.807, 2.05) is 27.7 Å². The van der Waals surface area contributed by atoms with E-state index in [1.54, 1.807) is 17.0 Å². The molecule has 0 saturated carbocycles. The van der Waals surface area contributed by atoms with Gasteiger partial charge in [0.25, 0.3) is 0 Å². The number of rotatable bonds is 3. The number of carbonyl (C=O) groups is 1. The van der Waals surface area contributed by atoms with Crippen LogP contribution in [0, 0.1) is 6.92 Å². The first kappa shape index (κ1) is 18.2. The lowest BCUT2D eigenvalue weighted by Crippen LogP contribution is -2.47. The van der Waals surface area contributed by atoms with E-state index < -0.39 is 15.6 Å². The number of thiophene rings is 1. The Labute approximate surface area is 141 Å². The number of likely N-dealkylation sites (tertiary alicyclic amines) is 1. The molecular weight excluding hydrogens is 336 g/mol. The van der Waals surface area contributed by atoms with Crippen molar-refractivity contribution in [1.29, 1.82) is 0 Å². The summed E-state index contributed by atoms with van der Waals surface area (Å²) in [5.74, 6) is 0. The zero-order valence-corrected chi connectivity index (χ0v) is 15.6. The summed E-state index contributed by atoms with van der Waals surface area (Å²) in [5, 5.41) is 0. The van der Waals surface area contributed by atoms with Crippen molar-refractivity contribution in [3.63, 3.8) is 0 Å². The number of hydrogen-bond donors (Lipinski definition) is 1. The molecule has 1 amide bonds. The maximum absolute atomic E-state index is 12.3. The second-order valence-electron chi connectivity index (χ2n) is 6.73. The third kappa shape index (κ3) is 5.19. The Kier molecular flexibility index (Phi) is 5.37. The molecule has 0 radical (unpaired) electrons. The Morgan fingerprint density at radius 2 is 1.91 bits per heavy atom. The molecular formula is C15H24N2O4S2. The van der Waals surface area contributed by atoms with Crippen LogP contribution in [0.25, 0.3) is 0 Å². The normalized spacial score (nSPS) is 17.3. The lowest BCUT2D eigenvalue weighted by molar-refractivity contribution is 0.0204. The van der Waals surface area contributed by atoms with Gasteiger partial charge in [-0.3, -0.25) is 0 Å². The average Bonchev–Trinajstić information content (AvgIpc) is 2.84. The first-order chi connectivity index (χ1) is 10.6. The minimum Gasteiger partial charge on any atom is -0.444 e. The summed E-state index contributed by atoms with van der Waals surface area (Å²) in [4.78, 5) is 14.6. The van der Waals surface area contributed by atoms with E-state index in [9.17, 15) is 13.2 Å². The molecule has 130 valence electrons. The third-order valence-electron chi connectivity index (χ3n) is 3.45. The fourth-order valence-electron chi connectivity index (χ4n) is 2.34. The summed E-state index contributed by atoms with van der Waals surface area (Å²) in [7, 11) is -3.47. The zero-order valence-electron chi connectivity index (χ0n) is 14.0. The fourth-order valence-corrected chi connectivity index (χ4v) is 4.95. The summed E-state index contributed by atoms with van der Waals surface area (Å²) in [6.45, 7) is 8.35. The molecule has 0 spiro atoms. The Morgan fingerprint density at radius 1 is 1.30 bits per heavy atom. The van der Waals surface area contributed by atoms with Gasteiger partial charge in [-0.25, -0.2) is 17.9 Å². The summed E-state index contributed by atoms with van der Waals surface area (Å²) < 4.78 is 33.0. The van der Waals surface area contributed by atoms with E-state index in [2.05, 4.69) is 4.72 Å². The Morgan fingerprint density at radius 3 is 2.39 bits per heavy atom. The van der Waals surface area contributed by atoms with Crippen LogP contribution in [0.4, 0.5) is 4.79 Å². The number of hydrogen-bond acceptors (Lipinski definition) is 5. The van der Waals surface area contributed by atoms with Crippen LogP contribution < -0.4 is 4.72 Å². The molecule has 0 unspecified atom stereocenters. The van der Waals surface area contributed by atoms with Crippen molar-refractivity contribution in [3.8, 4) is 0 Å². The molecule has 1 aromatic heterocycles. The van der Waals surface area contributed by atoms with Gasteiger partial charge in [0.2, 0.25) is 10.0 Å². The number of sulfonamides is 1. The van der Waals surface area contributed by atoms with Crippen LogP contribution >= 0.6 is 11.3 Å². The van der Waals surface area contributed by atoms with E-state index in [0.29, 0.717) is 30.1 Å². The van der Waals surface area contributed by atoms with Gasteiger partial charge in [-0.1, -0.05) is 0 Å². The SMILES string of the molecule is Cc1ccc(S(=O)(=O)NC2CCN(C(=O)OC(C)(C)C)CC2)s1. The topological polar surface area (TPSA) is 75.7 Å². The smallest absolute Gasteiger partial charge is 0.410 e. The first-order valence-corrected chi connectivity index (χ1v) is 9.93. The summed E-state index contributed by atoms with van der Waals surface area (Å²) in [6.07, 6.45) is 0.832. The van der Waals surface area contributed by atoms with Crippen LogP contribution in [0.3, 0.4) is 0 Å². The van der Waals surface area contributed by atoms with Gasteiger partial charge in [-0.2, -0.15) is 0 Å². The van der Waals surface area contributed by atoms with Gasteiger partial charge in [-0.15, -0.1) is 11.3 Å². The Balaban J connectivity index is 1.89. The summed E-state index contributed by atoms with van der Waals surface area (Å²) in [6, 6.07) is 3.27. The van der Waals surface area contributed by atoms with Crippen molar-refractivity contribution in [2.24, 2.45) is 0 Å². The monoisotopic (exact) mass is 360 g/mol. The second kappa shape index (κ2) is 6.78. The number of ether oxygens (including phenoxy) is 1. The summed E-state index contributed by atoms with van der Waals surface area (Å²) in [5.41, 5.74) is -0.521. The molecule has 6 nitrogen and oxygen atoms in total. The molecule has 1 saturated heterocycles. The van der Waals surface area contributed by atoms with Crippen molar-refractivity contribution in [2.75, 3.05) is 13.1 Å². The average molecular weight is 361 g/mol. The molecule has 0 aliphatic carbocycles. The van der Waals surface area contributed by atoms with Crippen molar-refractivity contribution >= 4 is 27.5 Å². The number of aryl methyl sites for hydroxylation is 1. The van der Waals surface area contributed by atoms with Crippen LogP contribution in [0.2, 0.25) is 0 Å². The highest BCUT2D eigenvalue weighted by Gasteiger charge is 2.29. The van der Waals surface area contributed by atoms with Crippen LogP contribution in [-0.2, 0) is 14.8 Å². The maximum atomic E-state index is 12.3. The molecule has 8 heteroatoms. The second-order valence-corrected chi connectivity index (χ2v) is 9.96. The first-order valence-electron chi connectivity index (χ1n) is 7.63. The molecule has 0 bridgehead atoms. The molecule has 2 heterocycles. The van der Waals surface area contributed by atoms with Crippen LogP contribution in [0.1, 0.15) is 38.5 Å². The standard InChI is InChI=1S/C15H24N2O4S2/c1-11-5-6-13(22-11)23(19,20)16-12-7-9-17(10-8-12)14(18)21-15(2,3)4/h5-6,12,16H,7-10H2,1-4H3. The number of amides is 1. The molecule has 1 fully saturated rings. The van der Waals surface area contributed by atoms with Crippen molar-refractivity contribution < 1.29 is 17.9 Å². The van der Waals surface area contributed by atoms with Gasteiger partial charge in [0.15, 0.2) is 0 Å². The van der Waals surface area contributed by atoms with Gasteiger partial charge in [0, 0.05) is 24.0 Å². The number of carbonyl (C=O) groups excluding carboxylic acids is 1. The molecule has 1 aliphatic rings. The van der Waals surface area contributed by atoms with Gasteiger partial charge in [0.05, 0.1) is 0 Å². The number of nitrogens with one attached hydrogen (secondary N) is 1. The van der Waals surface area contributed by atoms with Crippen molar-refractivity contribution in [1.82, 2.24) is 9.62 Å². The lowest BCUT2D eigenvalue weighted by Gasteiger charge is -2.33. The highest BCUT2D eigenvalue weighted by Crippen LogP contribution is 2.22. The summed E-state index contributed by atoms with van der Waals surface area (Å²) >= 11 is 1.26. The van der Waals surface area contributed by atoms with Gasteiger partial charge < -0.3 is 9.64 Å². The minimum absolute atomic E-state index is 0.152. The lowest BCUT2D eigenvalue weighted by atomic mass is 10.1. The molecule has 1 aliphatic heterocycles. The van der Waals surface area contributed by atoms with Crippen LogP contribution in [0.15, 0.2) is 16.3 Å². The Bertz CT molecular complexity index is 653. The number of nitrogens with zero attached hydrogens (tertiary/aromatic N) is 1. The van der Waals surface area contributed by atoms with Crippen molar-refractivity contribution in [2.45, 2.75) is 56.4 Å². The highest BCUT2D eigenvalue weighted by molar-refractivity contribution is 7.91. The van der Waals surface area contributed by atoms with Gasteiger partial charge in [0.1, 0.15) is 9.81 Å². The van der Waals surface area contributed by atoms with E-state index in [-0.39, 0.29) is 12.1 Å².